The number of rotatable bonds is 9. The number of pyridine rings is 1. The second kappa shape index (κ2) is 13.6. The molecule has 0 aliphatic rings. The van der Waals surface area contributed by atoms with E-state index in [0.717, 1.165) is 37.5 Å². The van der Waals surface area contributed by atoms with Crippen LogP contribution in [0.25, 0.3) is 0 Å². The number of halogens is 1. The second-order valence-corrected chi connectivity index (χ2v) is 4.52. The molecule has 126 valence electrons. The maximum atomic E-state index is 5.64. The van der Waals surface area contributed by atoms with Crippen LogP contribution < -0.4 is 15.4 Å². The van der Waals surface area contributed by atoms with Crippen LogP contribution in [0.4, 0.5) is 0 Å². The molecule has 0 aliphatic carbocycles. The van der Waals surface area contributed by atoms with Gasteiger partial charge >= 0.3 is 0 Å². The number of aromatic nitrogens is 1. The van der Waals surface area contributed by atoms with Crippen molar-refractivity contribution >= 4 is 29.9 Å². The molecule has 0 aliphatic heterocycles. The van der Waals surface area contributed by atoms with Crippen molar-refractivity contribution in [1.82, 2.24) is 15.6 Å². The highest BCUT2D eigenvalue weighted by atomic mass is 127. The van der Waals surface area contributed by atoms with E-state index in [2.05, 4.69) is 27.5 Å². The van der Waals surface area contributed by atoms with E-state index in [9.17, 15) is 0 Å². The Labute approximate surface area is 150 Å². The van der Waals surface area contributed by atoms with Crippen molar-refractivity contribution in [2.24, 2.45) is 4.99 Å². The predicted molar refractivity (Wildman–Crippen MR) is 100 cm³/mol. The quantitative estimate of drug-likeness (QED) is 0.277. The Kier molecular flexibility index (Phi) is 12.9. The average Bonchev–Trinajstić information content (AvgIpc) is 2.53. The maximum absolute atomic E-state index is 5.64. The standard InChI is InChI=1S/C15H26N4O2.HI/c1-4-10-21-14-13(7-5-8-17-14)12-19-15(16-2)18-9-6-11-20-3;/h5,7-8H,4,6,9-12H2,1-3H3,(H2,16,18,19);1H. The van der Waals surface area contributed by atoms with Crippen LogP contribution in [0.15, 0.2) is 23.3 Å². The van der Waals surface area contributed by atoms with Crippen LogP contribution in [0.1, 0.15) is 25.3 Å². The van der Waals surface area contributed by atoms with Crippen LogP contribution in [0, 0.1) is 0 Å². The highest BCUT2D eigenvalue weighted by Gasteiger charge is 2.05. The van der Waals surface area contributed by atoms with Crippen LogP contribution in [0.2, 0.25) is 0 Å². The first-order chi connectivity index (χ1) is 10.3. The fourth-order valence-electron chi connectivity index (χ4n) is 1.71. The molecule has 7 heteroatoms. The molecule has 1 rings (SSSR count). The van der Waals surface area contributed by atoms with E-state index in [-0.39, 0.29) is 24.0 Å². The third kappa shape index (κ3) is 8.38. The molecule has 0 spiro atoms. The minimum atomic E-state index is 0. The average molecular weight is 422 g/mol. The molecule has 1 aromatic rings. The second-order valence-electron chi connectivity index (χ2n) is 4.52. The highest BCUT2D eigenvalue weighted by Crippen LogP contribution is 2.13. The lowest BCUT2D eigenvalue weighted by Crippen LogP contribution is -2.37. The normalized spacial score (nSPS) is 10.8. The molecule has 0 unspecified atom stereocenters. The lowest BCUT2D eigenvalue weighted by atomic mass is 10.2. The summed E-state index contributed by atoms with van der Waals surface area (Å²) in [6.45, 7) is 4.93. The van der Waals surface area contributed by atoms with Crippen LogP contribution in [0.5, 0.6) is 5.88 Å². The van der Waals surface area contributed by atoms with Gasteiger partial charge in [-0.1, -0.05) is 13.0 Å². The minimum absolute atomic E-state index is 0. The van der Waals surface area contributed by atoms with Crippen molar-refractivity contribution in [3.8, 4) is 5.88 Å². The molecule has 22 heavy (non-hydrogen) atoms. The van der Waals surface area contributed by atoms with E-state index >= 15 is 0 Å². The summed E-state index contributed by atoms with van der Waals surface area (Å²) in [4.78, 5) is 8.45. The molecule has 0 atom stereocenters. The lowest BCUT2D eigenvalue weighted by molar-refractivity contribution is 0.195. The molecule has 2 N–H and O–H groups in total. The number of guanidine groups is 1. The molecule has 0 bridgehead atoms. The van der Waals surface area contributed by atoms with Gasteiger partial charge < -0.3 is 20.1 Å². The number of nitrogens with zero attached hydrogens (tertiary/aromatic N) is 2. The Morgan fingerprint density at radius 2 is 2.14 bits per heavy atom. The number of methoxy groups -OCH3 is 1. The van der Waals surface area contributed by atoms with Crippen molar-refractivity contribution in [2.75, 3.05) is 33.9 Å². The Hall–Kier alpha value is -1.09. The Bertz CT molecular complexity index is 430. The summed E-state index contributed by atoms with van der Waals surface area (Å²) in [6, 6.07) is 3.91. The number of aliphatic imine (C=N–C) groups is 1. The highest BCUT2D eigenvalue weighted by molar-refractivity contribution is 14.0. The largest absolute Gasteiger partial charge is 0.477 e. The summed E-state index contributed by atoms with van der Waals surface area (Å²) in [7, 11) is 3.46. The monoisotopic (exact) mass is 422 g/mol. The molecular formula is C15H27IN4O2. The van der Waals surface area contributed by atoms with Gasteiger partial charge in [0.05, 0.1) is 6.61 Å². The molecular weight excluding hydrogens is 395 g/mol. The van der Waals surface area contributed by atoms with Crippen molar-refractivity contribution in [2.45, 2.75) is 26.3 Å². The van der Waals surface area contributed by atoms with Crippen molar-refractivity contribution in [3.05, 3.63) is 23.9 Å². The van der Waals surface area contributed by atoms with E-state index in [1.807, 2.05) is 12.1 Å². The summed E-state index contributed by atoms with van der Waals surface area (Å²) in [5.74, 6) is 1.44. The van der Waals surface area contributed by atoms with E-state index in [1.54, 1.807) is 20.4 Å². The van der Waals surface area contributed by atoms with Crippen LogP contribution in [-0.4, -0.2) is 44.9 Å². The van der Waals surface area contributed by atoms with Gasteiger partial charge in [0.2, 0.25) is 5.88 Å². The van der Waals surface area contributed by atoms with E-state index in [4.69, 9.17) is 9.47 Å². The van der Waals surface area contributed by atoms with Gasteiger partial charge in [-0.3, -0.25) is 4.99 Å². The Morgan fingerprint density at radius 3 is 2.82 bits per heavy atom. The molecule has 1 aromatic heterocycles. The summed E-state index contributed by atoms with van der Waals surface area (Å²) in [5.41, 5.74) is 1.02. The van der Waals surface area contributed by atoms with Crippen LogP contribution in [0.3, 0.4) is 0 Å². The van der Waals surface area contributed by atoms with Crippen molar-refractivity contribution in [1.29, 1.82) is 0 Å². The first-order valence-electron chi connectivity index (χ1n) is 7.32. The molecule has 0 radical (unpaired) electrons. The fourth-order valence-corrected chi connectivity index (χ4v) is 1.71. The summed E-state index contributed by atoms with van der Waals surface area (Å²) >= 11 is 0. The number of hydrogen-bond donors (Lipinski definition) is 2. The third-order valence-corrected chi connectivity index (χ3v) is 2.78. The molecule has 0 amide bonds. The van der Waals surface area contributed by atoms with Gasteiger partial charge in [0.25, 0.3) is 0 Å². The molecule has 1 heterocycles. The number of nitrogens with one attached hydrogen (secondary N) is 2. The van der Waals surface area contributed by atoms with Gasteiger partial charge in [0, 0.05) is 45.6 Å². The topological polar surface area (TPSA) is 67.8 Å². The van der Waals surface area contributed by atoms with Gasteiger partial charge in [-0.15, -0.1) is 24.0 Å². The van der Waals surface area contributed by atoms with Crippen molar-refractivity contribution < 1.29 is 9.47 Å². The first kappa shape index (κ1) is 20.9. The number of ether oxygens (including phenoxy) is 2. The van der Waals surface area contributed by atoms with Gasteiger partial charge in [-0.25, -0.2) is 4.98 Å². The zero-order chi connectivity index (χ0) is 15.3. The lowest BCUT2D eigenvalue weighted by Gasteiger charge is -2.13. The smallest absolute Gasteiger partial charge is 0.218 e. The first-order valence-corrected chi connectivity index (χ1v) is 7.32. The minimum Gasteiger partial charge on any atom is -0.477 e. The SMILES string of the molecule is CCCOc1ncccc1CNC(=NC)NCCCOC.I. The van der Waals surface area contributed by atoms with Gasteiger partial charge in [0.1, 0.15) is 0 Å². The zero-order valence-electron chi connectivity index (χ0n) is 13.6. The number of hydrogen-bond acceptors (Lipinski definition) is 4. The van der Waals surface area contributed by atoms with Crippen molar-refractivity contribution in [3.63, 3.8) is 0 Å². The molecule has 0 fully saturated rings. The summed E-state index contributed by atoms with van der Waals surface area (Å²) in [6.07, 6.45) is 3.65. The van der Waals surface area contributed by atoms with E-state index in [1.165, 1.54) is 0 Å². The third-order valence-electron chi connectivity index (χ3n) is 2.78. The Morgan fingerprint density at radius 1 is 1.32 bits per heavy atom. The summed E-state index contributed by atoms with van der Waals surface area (Å²) in [5, 5.41) is 6.49. The van der Waals surface area contributed by atoms with Crippen LogP contribution in [-0.2, 0) is 11.3 Å². The van der Waals surface area contributed by atoms with Gasteiger partial charge in [0.15, 0.2) is 5.96 Å². The van der Waals surface area contributed by atoms with Crippen LogP contribution >= 0.6 is 24.0 Å². The zero-order valence-corrected chi connectivity index (χ0v) is 15.9. The molecule has 0 aromatic carbocycles. The molecule has 0 saturated heterocycles. The Balaban J connectivity index is 0.00000441. The fraction of sp³-hybridized carbons (Fsp3) is 0.600. The predicted octanol–water partition coefficient (Wildman–Crippen LogP) is 2.19. The molecule has 6 nitrogen and oxygen atoms in total. The summed E-state index contributed by atoms with van der Waals surface area (Å²) < 4.78 is 10.7. The van der Waals surface area contributed by atoms with E-state index in [0.29, 0.717) is 19.0 Å². The van der Waals surface area contributed by atoms with E-state index < -0.39 is 0 Å². The molecule has 0 saturated carbocycles. The van der Waals surface area contributed by atoms with Gasteiger partial charge in [-0.05, 0) is 18.9 Å². The maximum Gasteiger partial charge on any atom is 0.218 e. The van der Waals surface area contributed by atoms with Gasteiger partial charge in [-0.2, -0.15) is 0 Å².